The zero-order valence-corrected chi connectivity index (χ0v) is 15.6. The molecule has 1 unspecified atom stereocenters. The van der Waals surface area contributed by atoms with E-state index in [0.29, 0.717) is 12.6 Å². The van der Waals surface area contributed by atoms with Crippen molar-refractivity contribution in [2.75, 3.05) is 6.61 Å². The summed E-state index contributed by atoms with van der Waals surface area (Å²) in [5.41, 5.74) is 5.19. The summed E-state index contributed by atoms with van der Waals surface area (Å²) in [5, 5.41) is 3.59. The fourth-order valence-corrected chi connectivity index (χ4v) is 3.00. The van der Waals surface area contributed by atoms with Crippen LogP contribution in [0.2, 0.25) is 0 Å². The number of ether oxygens (including phenoxy) is 1. The number of nitrogens with one attached hydrogen (secondary N) is 1. The SMILES string of the molecule is Cc1cccc(CNC(C)c2ccc(OCCc3ccccc3)cc2)c1. The first-order chi connectivity index (χ1) is 12.7. The summed E-state index contributed by atoms with van der Waals surface area (Å²) in [7, 11) is 0. The monoisotopic (exact) mass is 345 g/mol. The molecule has 0 spiro atoms. The van der Waals surface area contributed by atoms with Gasteiger partial charge in [0.1, 0.15) is 5.75 Å². The first kappa shape index (κ1) is 18.2. The second kappa shape index (κ2) is 9.21. The third-order valence-electron chi connectivity index (χ3n) is 4.58. The minimum Gasteiger partial charge on any atom is -0.493 e. The highest BCUT2D eigenvalue weighted by Crippen LogP contribution is 2.18. The summed E-state index contributed by atoms with van der Waals surface area (Å²) in [5.74, 6) is 0.926. The molecule has 0 saturated carbocycles. The summed E-state index contributed by atoms with van der Waals surface area (Å²) in [4.78, 5) is 0. The van der Waals surface area contributed by atoms with E-state index in [1.807, 2.05) is 6.07 Å². The third kappa shape index (κ3) is 5.47. The molecular weight excluding hydrogens is 318 g/mol. The van der Waals surface area contributed by atoms with Crippen LogP contribution in [0.3, 0.4) is 0 Å². The molecule has 2 nitrogen and oxygen atoms in total. The standard InChI is InChI=1S/C24H27NO/c1-19-7-6-10-22(17-19)18-25-20(2)23-11-13-24(14-12-23)26-16-15-21-8-4-3-5-9-21/h3-14,17,20,25H,15-16,18H2,1-2H3. The van der Waals surface area contributed by atoms with E-state index in [9.17, 15) is 0 Å². The van der Waals surface area contributed by atoms with Crippen LogP contribution in [0, 0.1) is 6.92 Å². The van der Waals surface area contributed by atoms with Gasteiger partial charge in [-0.2, -0.15) is 0 Å². The van der Waals surface area contributed by atoms with Crippen molar-refractivity contribution >= 4 is 0 Å². The van der Waals surface area contributed by atoms with E-state index in [-0.39, 0.29) is 0 Å². The molecule has 0 saturated heterocycles. The van der Waals surface area contributed by atoms with Gasteiger partial charge in [0.2, 0.25) is 0 Å². The second-order valence-electron chi connectivity index (χ2n) is 6.74. The summed E-state index contributed by atoms with van der Waals surface area (Å²) in [6.45, 7) is 5.90. The minimum atomic E-state index is 0.300. The molecule has 0 aliphatic rings. The van der Waals surface area contributed by atoms with Crippen LogP contribution >= 0.6 is 0 Å². The van der Waals surface area contributed by atoms with Crippen molar-refractivity contribution < 1.29 is 4.74 Å². The van der Waals surface area contributed by atoms with Crippen molar-refractivity contribution in [3.8, 4) is 5.75 Å². The van der Waals surface area contributed by atoms with Gasteiger partial charge in [0.15, 0.2) is 0 Å². The molecule has 0 radical (unpaired) electrons. The van der Waals surface area contributed by atoms with E-state index in [1.165, 1.54) is 22.3 Å². The molecule has 26 heavy (non-hydrogen) atoms. The van der Waals surface area contributed by atoms with E-state index in [4.69, 9.17) is 4.74 Å². The molecule has 134 valence electrons. The summed E-state index contributed by atoms with van der Waals surface area (Å²) < 4.78 is 5.87. The third-order valence-corrected chi connectivity index (χ3v) is 4.58. The molecule has 2 heteroatoms. The van der Waals surface area contributed by atoms with Crippen molar-refractivity contribution in [2.45, 2.75) is 32.9 Å². The van der Waals surface area contributed by atoms with Gasteiger partial charge in [-0.1, -0.05) is 72.3 Å². The maximum atomic E-state index is 5.87. The lowest BCUT2D eigenvalue weighted by Crippen LogP contribution is -2.18. The van der Waals surface area contributed by atoms with E-state index in [0.717, 1.165) is 18.7 Å². The average Bonchev–Trinajstić information content (AvgIpc) is 2.68. The Labute approximate surface area is 156 Å². The quantitative estimate of drug-likeness (QED) is 0.585. The minimum absolute atomic E-state index is 0.300. The fraction of sp³-hybridized carbons (Fsp3) is 0.250. The van der Waals surface area contributed by atoms with Gasteiger partial charge in [0.25, 0.3) is 0 Å². The van der Waals surface area contributed by atoms with Crippen LogP contribution in [0.4, 0.5) is 0 Å². The highest BCUT2D eigenvalue weighted by atomic mass is 16.5. The van der Waals surface area contributed by atoms with Crippen LogP contribution in [0.5, 0.6) is 5.75 Å². The highest BCUT2D eigenvalue weighted by Gasteiger charge is 2.05. The van der Waals surface area contributed by atoms with Crippen LogP contribution < -0.4 is 10.1 Å². The Balaban J connectivity index is 1.47. The van der Waals surface area contributed by atoms with Gasteiger partial charge in [0, 0.05) is 19.0 Å². The summed E-state index contributed by atoms with van der Waals surface area (Å²) in [6, 6.07) is 27.8. The zero-order chi connectivity index (χ0) is 18.2. The van der Waals surface area contributed by atoms with Crippen molar-refractivity contribution in [2.24, 2.45) is 0 Å². The van der Waals surface area contributed by atoms with Crippen molar-refractivity contribution in [3.05, 3.63) is 101 Å². The Hall–Kier alpha value is -2.58. The topological polar surface area (TPSA) is 21.3 Å². The smallest absolute Gasteiger partial charge is 0.119 e. The normalized spacial score (nSPS) is 11.9. The molecule has 0 amide bonds. The Morgan fingerprint density at radius 3 is 2.31 bits per heavy atom. The van der Waals surface area contributed by atoms with Crippen LogP contribution in [0.1, 0.15) is 35.2 Å². The highest BCUT2D eigenvalue weighted by molar-refractivity contribution is 5.29. The molecule has 3 rings (SSSR count). The molecule has 1 atom stereocenters. The van der Waals surface area contributed by atoms with E-state index >= 15 is 0 Å². The summed E-state index contributed by atoms with van der Waals surface area (Å²) in [6.07, 6.45) is 0.928. The van der Waals surface area contributed by atoms with Gasteiger partial charge in [-0.25, -0.2) is 0 Å². The number of benzene rings is 3. The molecule has 3 aromatic carbocycles. The second-order valence-corrected chi connectivity index (χ2v) is 6.74. The predicted octanol–water partition coefficient (Wildman–Crippen LogP) is 5.47. The first-order valence-electron chi connectivity index (χ1n) is 9.26. The van der Waals surface area contributed by atoms with Crippen LogP contribution in [-0.2, 0) is 13.0 Å². The lowest BCUT2D eigenvalue weighted by Gasteiger charge is -2.15. The van der Waals surface area contributed by atoms with Crippen LogP contribution in [-0.4, -0.2) is 6.61 Å². The van der Waals surface area contributed by atoms with E-state index < -0.39 is 0 Å². The number of aryl methyl sites for hydroxylation is 1. The maximum Gasteiger partial charge on any atom is 0.119 e. The number of hydrogen-bond acceptors (Lipinski definition) is 2. The van der Waals surface area contributed by atoms with Crippen molar-refractivity contribution in [1.82, 2.24) is 5.32 Å². The number of rotatable bonds is 8. The molecule has 0 aliphatic heterocycles. The van der Waals surface area contributed by atoms with Gasteiger partial charge in [-0.3, -0.25) is 0 Å². The largest absolute Gasteiger partial charge is 0.493 e. The predicted molar refractivity (Wildman–Crippen MR) is 109 cm³/mol. The van der Waals surface area contributed by atoms with Crippen LogP contribution in [0.25, 0.3) is 0 Å². The molecule has 0 fully saturated rings. The van der Waals surface area contributed by atoms with Gasteiger partial charge < -0.3 is 10.1 Å². The van der Waals surface area contributed by atoms with E-state index in [2.05, 4.69) is 92.0 Å². The Kier molecular flexibility index (Phi) is 6.45. The molecule has 0 aliphatic carbocycles. The molecule has 0 bridgehead atoms. The molecular formula is C24H27NO. The fourth-order valence-electron chi connectivity index (χ4n) is 3.00. The Bertz CT molecular complexity index is 796. The lowest BCUT2D eigenvalue weighted by molar-refractivity contribution is 0.322. The molecule has 0 aromatic heterocycles. The lowest BCUT2D eigenvalue weighted by atomic mass is 10.1. The maximum absolute atomic E-state index is 5.87. The molecule has 3 aromatic rings. The van der Waals surface area contributed by atoms with Crippen molar-refractivity contribution in [3.63, 3.8) is 0 Å². The van der Waals surface area contributed by atoms with Gasteiger partial charge in [0.05, 0.1) is 6.61 Å². The van der Waals surface area contributed by atoms with Gasteiger partial charge in [-0.15, -0.1) is 0 Å². The summed E-state index contributed by atoms with van der Waals surface area (Å²) >= 11 is 0. The zero-order valence-electron chi connectivity index (χ0n) is 15.6. The van der Waals surface area contributed by atoms with Crippen molar-refractivity contribution in [1.29, 1.82) is 0 Å². The Morgan fingerprint density at radius 1 is 0.846 bits per heavy atom. The van der Waals surface area contributed by atoms with Gasteiger partial charge in [-0.05, 0) is 42.7 Å². The first-order valence-corrected chi connectivity index (χ1v) is 9.26. The van der Waals surface area contributed by atoms with Gasteiger partial charge >= 0.3 is 0 Å². The average molecular weight is 345 g/mol. The Morgan fingerprint density at radius 2 is 1.58 bits per heavy atom. The molecule has 0 heterocycles. The molecule has 1 N–H and O–H groups in total. The van der Waals surface area contributed by atoms with Crippen LogP contribution in [0.15, 0.2) is 78.9 Å². The van der Waals surface area contributed by atoms with E-state index in [1.54, 1.807) is 0 Å². The number of hydrogen-bond donors (Lipinski definition) is 1.